The van der Waals surface area contributed by atoms with E-state index in [4.69, 9.17) is 11.6 Å². The number of benzene rings is 1. The molecular weight excluding hydrogens is 282 g/mol. The van der Waals surface area contributed by atoms with Gasteiger partial charge in [0, 0.05) is 10.7 Å². The number of carbonyl (C=O) groups excluding carboxylic acids is 1. The van der Waals surface area contributed by atoms with Gasteiger partial charge in [0.1, 0.15) is 6.04 Å². The molecule has 7 heteroatoms. The summed E-state index contributed by atoms with van der Waals surface area (Å²) in [5.74, 6) is 0. The molecule has 102 valence electrons. The van der Waals surface area contributed by atoms with Crippen LogP contribution >= 0.6 is 11.6 Å². The summed E-state index contributed by atoms with van der Waals surface area (Å²) in [6, 6.07) is 6.53. The van der Waals surface area contributed by atoms with Crippen LogP contribution < -0.4 is 5.32 Å². The Kier molecular flexibility index (Phi) is 3.63. The quantitative estimate of drug-likeness (QED) is 0.832. The second-order valence-electron chi connectivity index (χ2n) is 4.19. The number of hydrogen-bond donors (Lipinski definition) is 2. The van der Waals surface area contributed by atoms with E-state index >= 15 is 0 Å². The molecule has 2 rings (SSSR count). The maximum atomic E-state index is 11.8. The molecule has 1 unspecified atom stereocenters. The van der Waals surface area contributed by atoms with Gasteiger partial charge in [-0.05, 0) is 24.6 Å². The van der Waals surface area contributed by atoms with Crippen LogP contribution in [-0.2, 0) is 0 Å². The molecule has 1 heterocycles. The Morgan fingerprint density at radius 2 is 2.05 bits per heavy atom. The predicted octanol–water partition coefficient (Wildman–Crippen LogP) is 2.88. The SMILES string of the molecule is CC1=C(C#N)C(c2ccc(Cl)cc2)N(C(=O)O)C(=O)N1. The monoisotopic (exact) mass is 291 g/mol. The van der Waals surface area contributed by atoms with Crippen LogP contribution in [0.4, 0.5) is 9.59 Å². The van der Waals surface area contributed by atoms with Gasteiger partial charge in [-0.1, -0.05) is 23.7 Å². The van der Waals surface area contributed by atoms with Crippen molar-refractivity contribution in [3.63, 3.8) is 0 Å². The molecule has 0 aliphatic carbocycles. The fourth-order valence-corrected chi connectivity index (χ4v) is 2.17. The molecule has 20 heavy (non-hydrogen) atoms. The number of nitriles is 1. The minimum atomic E-state index is -1.43. The Bertz CT molecular complexity index is 646. The van der Waals surface area contributed by atoms with E-state index in [9.17, 15) is 20.0 Å². The molecular formula is C13H10ClN3O3. The van der Waals surface area contributed by atoms with Gasteiger partial charge in [0.2, 0.25) is 0 Å². The molecule has 2 N–H and O–H groups in total. The van der Waals surface area contributed by atoms with Crippen LogP contribution in [0.3, 0.4) is 0 Å². The predicted molar refractivity (Wildman–Crippen MR) is 70.9 cm³/mol. The second kappa shape index (κ2) is 5.23. The van der Waals surface area contributed by atoms with Crippen molar-refractivity contribution in [3.05, 3.63) is 46.1 Å². The van der Waals surface area contributed by atoms with Crippen molar-refractivity contribution in [2.75, 3.05) is 0 Å². The number of rotatable bonds is 1. The molecule has 1 aromatic carbocycles. The van der Waals surface area contributed by atoms with Crippen molar-refractivity contribution in [2.24, 2.45) is 0 Å². The van der Waals surface area contributed by atoms with Crippen LogP contribution in [0, 0.1) is 11.3 Å². The lowest BCUT2D eigenvalue weighted by molar-refractivity contribution is 0.136. The third-order valence-corrected chi connectivity index (χ3v) is 3.21. The largest absolute Gasteiger partial charge is 0.465 e. The molecule has 0 saturated heterocycles. The zero-order chi connectivity index (χ0) is 14.9. The van der Waals surface area contributed by atoms with Crippen molar-refractivity contribution < 1.29 is 14.7 Å². The van der Waals surface area contributed by atoms with Crippen LogP contribution in [0.1, 0.15) is 18.5 Å². The van der Waals surface area contributed by atoms with Crippen molar-refractivity contribution in [1.82, 2.24) is 10.2 Å². The maximum Gasteiger partial charge on any atom is 0.416 e. The van der Waals surface area contributed by atoms with Gasteiger partial charge in [-0.3, -0.25) is 0 Å². The molecule has 1 aliphatic heterocycles. The maximum absolute atomic E-state index is 11.8. The Morgan fingerprint density at radius 3 is 2.55 bits per heavy atom. The van der Waals surface area contributed by atoms with Crippen molar-refractivity contribution in [3.8, 4) is 6.07 Å². The fourth-order valence-electron chi connectivity index (χ4n) is 2.04. The van der Waals surface area contributed by atoms with Gasteiger partial charge in [-0.15, -0.1) is 0 Å². The summed E-state index contributed by atoms with van der Waals surface area (Å²) in [5, 5.41) is 21.3. The minimum absolute atomic E-state index is 0.175. The van der Waals surface area contributed by atoms with Gasteiger partial charge in [0.25, 0.3) is 0 Å². The summed E-state index contributed by atoms with van der Waals surface area (Å²) in [4.78, 5) is 23.7. The minimum Gasteiger partial charge on any atom is -0.465 e. The van der Waals surface area contributed by atoms with E-state index in [2.05, 4.69) is 5.32 Å². The number of nitrogens with zero attached hydrogens (tertiary/aromatic N) is 2. The lowest BCUT2D eigenvalue weighted by atomic mass is 9.95. The first-order valence-corrected chi connectivity index (χ1v) is 6.03. The van der Waals surface area contributed by atoms with Gasteiger partial charge in [-0.25, -0.2) is 14.5 Å². The first-order chi connectivity index (χ1) is 9.45. The van der Waals surface area contributed by atoms with Gasteiger partial charge >= 0.3 is 12.1 Å². The van der Waals surface area contributed by atoms with E-state index in [0.29, 0.717) is 21.2 Å². The van der Waals surface area contributed by atoms with Gasteiger partial charge < -0.3 is 10.4 Å². The van der Waals surface area contributed by atoms with Crippen LogP contribution in [0.2, 0.25) is 5.02 Å². The highest BCUT2D eigenvalue weighted by Crippen LogP contribution is 2.33. The average molecular weight is 292 g/mol. The standard InChI is InChI=1S/C13H10ClN3O3/c1-7-10(6-15)11(8-2-4-9(14)5-3-8)17(13(19)20)12(18)16-7/h2-5,11H,1H3,(H,16,18)(H,19,20). The number of carboxylic acid groups (broad SMARTS) is 1. The molecule has 0 bridgehead atoms. The van der Waals surface area contributed by atoms with Crippen LogP contribution in [0.15, 0.2) is 35.5 Å². The van der Waals surface area contributed by atoms with Gasteiger partial charge in [0.15, 0.2) is 0 Å². The number of halogens is 1. The Balaban J connectivity index is 2.60. The molecule has 1 aliphatic rings. The van der Waals surface area contributed by atoms with Gasteiger partial charge in [0.05, 0.1) is 11.6 Å². The molecule has 1 atom stereocenters. The van der Waals surface area contributed by atoms with Crippen molar-refractivity contribution in [1.29, 1.82) is 5.26 Å². The van der Waals surface area contributed by atoms with Crippen molar-refractivity contribution in [2.45, 2.75) is 13.0 Å². The smallest absolute Gasteiger partial charge is 0.416 e. The van der Waals surface area contributed by atoms with E-state index < -0.39 is 18.2 Å². The summed E-state index contributed by atoms with van der Waals surface area (Å²) in [5.41, 5.74) is 1.02. The first kappa shape index (κ1) is 13.9. The van der Waals surface area contributed by atoms with Crippen LogP contribution in [-0.4, -0.2) is 22.1 Å². The second-order valence-corrected chi connectivity index (χ2v) is 4.62. The number of amides is 3. The average Bonchev–Trinajstić information content (AvgIpc) is 2.38. The number of hydrogen-bond acceptors (Lipinski definition) is 3. The number of urea groups is 1. The number of allylic oxidation sites excluding steroid dienone is 1. The number of nitrogens with one attached hydrogen (secondary N) is 1. The van der Waals surface area contributed by atoms with Crippen molar-refractivity contribution >= 4 is 23.7 Å². The molecule has 0 aromatic heterocycles. The lowest BCUT2D eigenvalue weighted by Gasteiger charge is -2.32. The van der Waals surface area contributed by atoms with E-state index in [1.165, 1.54) is 0 Å². The summed E-state index contributed by atoms with van der Waals surface area (Å²) >= 11 is 5.79. The summed E-state index contributed by atoms with van der Waals surface area (Å²) in [6.45, 7) is 1.55. The van der Waals surface area contributed by atoms with E-state index in [1.807, 2.05) is 6.07 Å². The van der Waals surface area contributed by atoms with Gasteiger partial charge in [-0.2, -0.15) is 5.26 Å². The Morgan fingerprint density at radius 1 is 1.45 bits per heavy atom. The van der Waals surface area contributed by atoms with E-state index in [0.717, 1.165) is 0 Å². The molecule has 0 radical (unpaired) electrons. The molecule has 0 fully saturated rings. The summed E-state index contributed by atoms with van der Waals surface area (Å²) < 4.78 is 0. The highest BCUT2D eigenvalue weighted by molar-refractivity contribution is 6.30. The summed E-state index contributed by atoms with van der Waals surface area (Å²) in [7, 11) is 0. The van der Waals surface area contributed by atoms with Crippen LogP contribution in [0.5, 0.6) is 0 Å². The topological polar surface area (TPSA) is 93.4 Å². The van der Waals surface area contributed by atoms with E-state index in [1.54, 1.807) is 31.2 Å². The fraction of sp³-hybridized carbons (Fsp3) is 0.154. The Labute approximate surface area is 119 Å². The zero-order valence-electron chi connectivity index (χ0n) is 10.4. The molecule has 6 nitrogen and oxygen atoms in total. The van der Waals surface area contributed by atoms with Crippen LogP contribution in [0.25, 0.3) is 0 Å². The third kappa shape index (κ3) is 2.31. The highest BCUT2D eigenvalue weighted by Gasteiger charge is 2.38. The Hall–Kier alpha value is -2.52. The lowest BCUT2D eigenvalue weighted by Crippen LogP contribution is -2.49. The zero-order valence-corrected chi connectivity index (χ0v) is 11.2. The molecule has 0 saturated carbocycles. The molecule has 3 amide bonds. The first-order valence-electron chi connectivity index (χ1n) is 5.65. The molecule has 0 spiro atoms. The summed E-state index contributed by atoms with van der Waals surface area (Å²) in [6.07, 6.45) is -1.43. The normalized spacial score (nSPS) is 18.6. The number of imide groups is 1. The van der Waals surface area contributed by atoms with E-state index in [-0.39, 0.29) is 5.57 Å². The molecule has 1 aromatic rings. The highest BCUT2D eigenvalue weighted by atomic mass is 35.5. The third-order valence-electron chi connectivity index (χ3n) is 2.96. The number of carbonyl (C=O) groups is 2.